The fourth-order valence-corrected chi connectivity index (χ4v) is 6.49. The third-order valence-electron chi connectivity index (χ3n) is 4.62. The number of hydrogen-bond acceptors (Lipinski definition) is 3. The maximum Gasteiger partial charge on any atom is 0.247 e. The summed E-state index contributed by atoms with van der Waals surface area (Å²) in [6, 6.07) is 1.69. The van der Waals surface area contributed by atoms with Gasteiger partial charge in [-0.3, -0.25) is 0 Å². The minimum Gasteiger partial charge on any atom is -0.452 e. The van der Waals surface area contributed by atoms with Crippen LogP contribution in [-0.2, 0) is 15.9 Å². The summed E-state index contributed by atoms with van der Waals surface area (Å²) >= 11 is 8.94. The Balaban J connectivity index is 1.90. The number of rotatable bonds is 4. The molecule has 7 heteroatoms. The Morgan fingerprint density at radius 1 is 1.29 bits per heavy atom. The lowest BCUT2D eigenvalue weighted by Crippen LogP contribution is -2.39. The molecule has 1 unspecified atom stereocenters. The summed E-state index contributed by atoms with van der Waals surface area (Å²) < 4.78 is 33.2. The normalized spacial score (nSPS) is 25.0. The first-order chi connectivity index (χ1) is 10.0. The molecule has 0 radical (unpaired) electrons. The van der Waals surface area contributed by atoms with Crippen molar-refractivity contribution >= 4 is 37.6 Å². The highest BCUT2D eigenvalue weighted by molar-refractivity contribution is 9.10. The minimum atomic E-state index is -3.51. The van der Waals surface area contributed by atoms with E-state index in [4.69, 9.17) is 16.0 Å². The molecule has 2 aliphatic rings. The lowest BCUT2D eigenvalue weighted by atomic mass is 9.97. The van der Waals surface area contributed by atoms with Crippen LogP contribution in [0.1, 0.15) is 44.3 Å². The average Bonchev–Trinajstić information content (AvgIpc) is 3.18. The molecule has 4 nitrogen and oxygen atoms in total. The van der Waals surface area contributed by atoms with Crippen molar-refractivity contribution < 1.29 is 12.8 Å². The number of furan rings is 1. The number of alkyl halides is 1. The zero-order valence-corrected chi connectivity index (χ0v) is 14.9. The van der Waals surface area contributed by atoms with Crippen LogP contribution < -0.4 is 0 Å². The molecule has 21 heavy (non-hydrogen) atoms. The molecule has 1 atom stereocenters. The van der Waals surface area contributed by atoms with E-state index in [2.05, 4.69) is 15.9 Å². The van der Waals surface area contributed by atoms with Gasteiger partial charge in [0.15, 0.2) is 4.67 Å². The Hall–Kier alpha value is -0.0400. The molecule has 2 heterocycles. The number of hydrogen-bond donors (Lipinski definition) is 0. The smallest absolute Gasteiger partial charge is 0.247 e. The van der Waals surface area contributed by atoms with Gasteiger partial charge in [0.1, 0.15) is 10.7 Å². The molecular weight excluding hydrogens is 378 g/mol. The van der Waals surface area contributed by atoms with E-state index < -0.39 is 10.0 Å². The van der Waals surface area contributed by atoms with E-state index in [-0.39, 0.29) is 21.5 Å². The Bertz CT molecular complexity index is 610. The van der Waals surface area contributed by atoms with E-state index in [0.717, 1.165) is 25.7 Å². The van der Waals surface area contributed by atoms with Crippen LogP contribution >= 0.6 is 27.5 Å². The molecule has 1 aromatic rings. The van der Waals surface area contributed by atoms with E-state index >= 15 is 0 Å². The molecule has 118 valence electrons. The molecule has 0 N–H and O–H groups in total. The van der Waals surface area contributed by atoms with Gasteiger partial charge in [0, 0.05) is 18.7 Å². The topological polar surface area (TPSA) is 50.5 Å². The van der Waals surface area contributed by atoms with Crippen molar-refractivity contribution in [3.8, 4) is 0 Å². The predicted octanol–water partition coefficient (Wildman–Crippen LogP) is 4.12. The third-order valence-corrected chi connectivity index (χ3v) is 7.66. The molecule has 1 saturated carbocycles. The van der Waals surface area contributed by atoms with Crippen molar-refractivity contribution in [3.05, 3.63) is 16.5 Å². The third kappa shape index (κ3) is 2.92. The van der Waals surface area contributed by atoms with Crippen LogP contribution in [0.4, 0.5) is 0 Å². The van der Waals surface area contributed by atoms with Gasteiger partial charge in [-0.1, -0.05) is 12.8 Å². The second-order valence-electron chi connectivity index (χ2n) is 5.85. The van der Waals surface area contributed by atoms with E-state index in [1.807, 2.05) is 0 Å². The van der Waals surface area contributed by atoms with Crippen molar-refractivity contribution in [1.82, 2.24) is 4.31 Å². The molecule has 1 aromatic heterocycles. The predicted molar refractivity (Wildman–Crippen MR) is 84.8 cm³/mol. The Kier molecular flexibility index (Phi) is 4.69. The zero-order chi connectivity index (χ0) is 15.0. The first kappa shape index (κ1) is 15.8. The number of nitrogens with zero attached hydrogens (tertiary/aromatic N) is 1. The molecule has 1 saturated heterocycles. The highest BCUT2D eigenvalue weighted by atomic mass is 79.9. The van der Waals surface area contributed by atoms with E-state index in [1.165, 1.54) is 18.9 Å². The maximum absolute atomic E-state index is 12.9. The summed E-state index contributed by atoms with van der Waals surface area (Å²) in [5.74, 6) is 1.15. The highest BCUT2D eigenvalue weighted by Crippen LogP contribution is 2.39. The molecule has 0 aromatic carbocycles. The summed E-state index contributed by atoms with van der Waals surface area (Å²) in [6.07, 6.45) is 6.66. The number of halogens is 2. The van der Waals surface area contributed by atoms with Crippen LogP contribution in [0.3, 0.4) is 0 Å². The van der Waals surface area contributed by atoms with Crippen molar-refractivity contribution in [2.45, 2.75) is 55.3 Å². The SMILES string of the molecule is O=S(=O)(c1cc(CCl)oc1Br)N1CCCC1C1CCCC1. The second-order valence-corrected chi connectivity index (χ2v) is 8.70. The van der Waals surface area contributed by atoms with E-state index in [9.17, 15) is 8.42 Å². The van der Waals surface area contributed by atoms with Crippen LogP contribution in [0.25, 0.3) is 0 Å². The van der Waals surface area contributed by atoms with Gasteiger partial charge in [-0.15, -0.1) is 11.6 Å². The Morgan fingerprint density at radius 2 is 2.00 bits per heavy atom. The van der Waals surface area contributed by atoms with Crippen LogP contribution in [0.15, 0.2) is 20.0 Å². The van der Waals surface area contributed by atoms with Gasteiger partial charge in [-0.2, -0.15) is 4.31 Å². The summed E-state index contributed by atoms with van der Waals surface area (Å²) in [5.41, 5.74) is 0. The fourth-order valence-electron chi connectivity index (χ4n) is 3.64. The molecule has 2 fully saturated rings. The number of sulfonamides is 1. The monoisotopic (exact) mass is 395 g/mol. The standard InChI is InChI=1S/C14H19BrClNO3S/c15-14-13(8-11(9-16)20-14)21(18,19)17-7-3-6-12(17)10-4-1-2-5-10/h8,10,12H,1-7,9H2. The van der Waals surface area contributed by atoms with Gasteiger partial charge in [0.2, 0.25) is 10.0 Å². The van der Waals surface area contributed by atoms with Gasteiger partial charge in [0.05, 0.1) is 5.88 Å². The maximum atomic E-state index is 12.9. The van der Waals surface area contributed by atoms with Crippen LogP contribution in [0, 0.1) is 5.92 Å². The fraction of sp³-hybridized carbons (Fsp3) is 0.714. The lowest BCUT2D eigenvalue weighted by Gasteiger charge is -2.28. The molecule has 0 bridgehead atoms. The average molecular weight is 397 g/mol. The minimum absolute atomic E-state index is 0.152. The Labute approximate surface area is 139 Å². The quantitative estimate of drug-likeness (QED) is 0.719. The molecule has 1 aliphatic carbocycles. The van der Waals surface area contributed by atoms with Gasteiger partial charge in [-0.25, -0.2) is 8.42 Å². The first-order valence-corrected chi connectivity index (χ1v) is 10.2. The Morgan fingerprint density at radius 3 is 2.62 bits per heavy atom. The molecule has 0 amide bonds. The zero-order valence-electron chi connectivity index (χ0n) is 11.7. The van der Waals surface area contributed by atoms with Gasteiger partial charge in [0.25, 0.3) is 0 Å². The van der Waals surface area contributed by atoms with Gasteiger partial charge in [-0.05, 0) is 47.5 Å². The molecule has 3 rings (SSSR count). The summed E-state index contributed by atoms with van der Waals surface area (Å²) in [7, 11) is -3.51. The van der Waals surface area contributed by atoms with Crippen molar-refractivity contribution in [2.75, 3.05) is 6.54 Å². The van der Waals surface area contributed by atoms with Crippen molar-refractivity contribution in [3.63, 3.8) is 0 Å². The first-order valence-electron chi connectivity index (χ1n) is 7.40. The van der Waals surface area contributed by atoms with Crippen LogP contribution in [0.5, 0.6) is 0 Å². The molecule has 0 spiro atoms. The lowest BCUT2D eigenvalue weighted by molar-refractivity contribution is 0.288. The second kappa shape index (κ2) is 6.22. The van der Waals surface area contributed by atoms with Crippen LogP contribution in [0.2, 0.25) is 0 Å². The van der Waals surface area contributed by atoms with E-state index in [0.29, 0.717) is 18.2 Å². The van der Waals surface area contributed by atoms with E-state index in [1.54, 1.807) is 4.31 Å². The largest absolute Gasteiger partial charge is 0.452 e. The van der Waals surface area contributed by atoms with Crippen molar-refractivity contribution in [2.24, 2.45) is 5.92 Å². The van der Waals surface area contributed by atoms with Crippen LogP contribution in [-0.4, -0.2) is 25.3 Å². The summed E-state index contributed by atoms with van der Waals surface area (Å²) in [4.78, 5) is 0.211. The van der Waals surface area contributed by atoms with Gasteiger partial charge >= 0.3 is 0 Å². The van der Waals surface area contributed by atoms with Gasteiger partial charge < -0.3 is 4.42 Å². The summed E-state index contributed by atoms with van der Waals surface area (Å²) in [6.45, 7) is 0.608. The summed E-state index contributed by atoms with van der Waals surface area (Å²) in [5, 5.41) is 0. The molecule has 1 aliphatic heterocycles. The molecular formula is C14H19BrClNO3S. The highest BCUT2D eigenvalue weighted by Gasteiger charge is 2.41. The van der Waals surface area contributed by atoms with Crippen molar-refractivity contribution in [1.29, 1.82) is 0 Å².